The van der Waals surface area contributed by atoms with Gasteiger partial charge >= 0.3 is 0 Å². The average molecular weight is 538 g/mol. The summed E-state index contributed by atoms with van der Waals surface area (Å²) >= 11 is 0. The zero-order valence-corrected chi connectivity index (χ0v) is 24.8. The number of rotatable bonds is 6. The number of hydrogen-bond donors (Lipinski definition) is 4. The zero-order chi connectivity index (χ0) is 28.8. The van der Waals surface area contributed by atoms with Crippen LogP contribution >= 0.6 is 0 Å². The van der Waals surface area contributed by atoms with Crippen molar-refractivity contribution in [1.82, 2.24) is 9.97 Å². The molecule has 8 heteroatoms. The van der Waals surface area contributed by atoms with Crippen LogP contribution in [0, 0.1) is 18.6 Å². The lowest BCUT2D eigenvalue weighted by atomic mass is 9.96. The number of aliphatic hydroxyl groups is 1. The van der Waals surface area contributed by atoms with Gasteiger partial charge < -0.3 is 21.1 Å². The third-order valence-electron chi connectivity index (χ3n) is 5.63. The van der Waals surface area contributed by atoms with E-state index in [0.717, 1.165) is 24.5 Å². The number of hydrogen-bond acceptors (Lipinski definition) is 6. The molecule has 4 N–H and O–H groups in total. The maximum absolute atomic E-state index is 13.6. The molecule has 0 unspecified atom stereocenters. The molecule has 0 bridgehead atoms. The van der Waals surface area contributed by atoms with Crippen LogP contribution in [-0.4, -0.2) is 33.9 Å². The molecule has 2 aromatic rings. The smallest absolute Gasteiger partial charge is 0.224 e. The molecule has 1 aromatic heterocycles. The molecule has 2 aliphatic rings. The van der Waals surface area contributed by atoms with Crippen LogP contribution in [0.25, 0.3) is 0 Å². The van der Waals surface area contributed by atoms with Crippen LogP contribution in [0.1, 0.15) is 111 Å². The highest BCUT2D eigenvalue weighted by Crippen LogP contribution is 2.21. The Balaban J connectivity index is 0.000000878. The SMILES string of the molecule is C1CCCC1.CC.CC.CC(C)O.Cc1cnc(NC2CCCCC2)nc1NCNc1ccc(F)cc1F. The van der Waals surface area contributed by atoms with Crippen molar-refractivity contribution in [3.63, 3.8) is 0 Å². The van der Waals surface area contributed by atoms with Gasteiger partial charge in [-0.2, -0.15) is 4.98 Å². The lowest BCUT2D eigenvalue weighted by Gasteiger charge is -2.23. The highest BCUT2D eigenvalue weighted by molar-refractivity contribution is 5.49. The van der Waals surface area contributed by atoms with Crippen LogP contribution in [0.4, 0.5) is 26.2 Å². The Bertz CT molecular complexity index is 831. The topological polar surface area (TPSA) is 82.1 Å². The summed E-state index contributed by atoms with van der Waals surface area (Å²) in [5.41, 5.74) is 1.14. The van der Waals surface area contributed by atoms with Gasteiger partial charge in [0, 0.05) is 30.0 Å². The summed E-state index contributed by atoms with van der Waals surface area (Å²) in [5, 5.41) is 17.4. The standard InChI is InChI=1S/C18H23F2N5.C5H10.C3H8O.2C2H6/c1-12-10-21-18(24-14-5-3-2-4-6-14)25-17(12)23-11-22-16-8-7-13(19)9-15(16)20;1-2-4-5-3-1;1-3(2)4;2*1-2/h7-10,14,22H,2-6,11H2,1H3,(H2,21,23,24,25);1-5H2;3-4H,1-2H3;2*1-2H3. The molecule has 0 saturated heterocycles. The first kappa shape index (κ1) is 35.5. The number of halogens is 2. The molecule has 2 aliphatic carbocycles. The number of benzene rings is 1. The summed E-state index contributed by atoms with van der Waals surface area (Å²) < 4.78 is 26.5. The maximum Gasteiger partial charge on any atom is 0.224 e. The van der Waals surface area contributed by atoms with E-state index < -0.39 is 11.6 Å². The average Bonchev–Trinajstić information content (AvgIpc) is 3.50. The Hall–Kier alpha value is -2.48. The van der Waals surface area contributed by atoms with Gasteiger partial charge in [0.1, 0.15) is 17.5 Å². The Kier molecular flexibility index (Phi) is 21.0. The number of nitrogens with one attached hydrogen (secondary N) is 3. The molecule has 6 nitrogen and oxygen atoms in total. The Labute approximate surface area is 230 Å². The lowest BCUT2D eigenvalue weighted by molar-refractivity contribution is 0.216. The first-order valence-electron chi connectivity index (χ1n) is 14.6. The van der Waals surface area contributed by atoms with Crippen molar-refractivity contribution < 1.29 is 13.9 Å². The van der Waals surface area contributed by atoms with E-state index in [1.807, 2.05) is 34.6 Å². The third-order valence-corrected chi connectivity index (χ3v) is 5.63. The van der Waals surface area contributed by atoms with E-state index in [9.17, 15) is 8.78 Å². The van der Waals surface area contributed by atoms with Crippen LogP contribution in [0.2, 0.25) is 0 Å². The van der Waals surface area contributed by atoms with Gasteiger partial charge in [-0.1, -0.05) is 79.1 Å². The number of aromatic nitrogens is 2. The van der Waals surface area contributed by atoms with Gasteiger partial charge in [0.15, 0.2) is 0 Å². The van der Waals surface area contributed by atoms with Crippen LogP contribution in [0.15, 0.2) is 24.4 Å². The van der Waals surface area contributed by atoms with E-state index in [1.54, 1.807) is 20.0 Å². The van der Waals surface area contributed by atoms with Crippen LogP contribution in [0.3, 0.4) is 0 Å². The molecule has 0 aliphatic heterocycles. The normalized spacial score (nSPS) is 14.3. The fraction of sp³-hybridized carbons (Fsp3) is 0.667. The van der Waals surface area contributed by atoms with E-state index in [1.165, 1.54) is 63.5 Å². The summed E-state index contributed by atoms with van der Waals surface area (Å²) in [6, 6.07) is 3.86. The predicted octanol–water partition coefficient (Wildman–Crippen LogP) is 8.68. The molecule has 4 rings (SSSR count). The molecular formula is C30H53F2N5O. The summed E-state index contributed by atoms with van der Waals surface area (Å²) in [6.45, 7) is 13.6. The van der Waals surface area contributed by atoms with E-state index >= 15 is 0 Å². The highest BCUT2D eigenvalue weighted by Gasteiger charge is 2.14. The van der Waals surface area contributed by atoms with Gasteiger partial charge in [0.25, 0.3) is 0 Å². The maximum atomic E-state index is 13.6. The third kappa shape index (κ3) is 16.4. The van der Waals surface area contributed by atoms with Crippen molar-refractivity contribution in [2.24, 2.45) is 0 Å². The van der Waals surface area contributed by atoms with Crippen molar-refractivity contribution >= 4 is 17.5 Å². The van der Waals surface area contributed by atoms with Gasteiger partial charge in [0.2, 0.25) is 5.95 Å². The van der Waals surface area contributed by atoms with Gasteiger partial charge in [0.05, 0.1) is 12.4 Å². The van der Waals surface area contributed by atoms with Crippen molar-refractivity contribution in [2.75, 3.05) is 22.6 Å². The summed E-state index contributed by atoms with van der Waals surface area (Å²) in [5.74, 6) is 0.0678. The number of nitrogens with zero attached hydrogens (tertiary/aromatic N) is 2. The molecule has 2 fully saturated rings. The van der Waals surface area contributed by atoms with Crippen molar-refractivity contribution in [2.45, 2.75) is 125 Å². The van der Waals surface area contributed by atoms with Crippen molar-refractivity contribution in [3.05, 3.63) is 41.6 Å². The molecule has 0 radical (unpaired) electrons. The molecule has 1 heterocycles. The van der Waals surface area contributed by atoms with Crippen molar-refractivity contribution in [1.29, 1.82) is 0 Å². The second kappa shape index (κ2) is 22.5. The summed E-state index contributed by atoms with van der Waals surface area (Å²) in [4.78, 5) is 8.85. The zero-order valence-electron chi connectivity index (χ0n) is 24.8. The molecule has 0 amide bonds. The van der Waals surface area contributed by atoms with E-state index in [0.29, 0.717) is 17.8 Å². The molecule has 0 atom stereocenters. The largest absolute Gasteiger partial charge is 0.394 e. The molecule has 38 heavy (non-hydrogen) atoms. The minimum atomic E-state index is -0.624. The molecule has 218 valence electrons. The van der Waals surface area contributed by atoms with Crippen molar-refractivity contribution in [3.8, 4) is 0 Å². The van der Waals surface area contributed by atoms with Crippen LogP contribution in [0.5, 0.6) is 0 Å². The quantitative estimate of drug-likeness (QED) is 0.276. The first-order chi connectivity index (χ1) is 18.3. The van der Waals surface area contributed by atoms with E-state index in [4.69, 9.17) is 5.11 Å². The highest BCUT2D eigenvalue weighted by atomic mass is 19.1. The second-order valence-corrected chi connectivity index (χ2v) is 9.22. The number of aliphatic hydroxyl groups excluding tert-OH is 1. The lowest BCUT2D eigenvalue weighted by Crippen LogP contribution is -2.24. The number of anilines is 3. The van der Waals surface area contributed by atoms with Crippen LogP contribution in [-0.2, 0) is 0 Å². The minimum Gasteiger partial charge on any atom is -0.394 e. The molecule has 2 saturated carbocycles. The monoisotopic (exact) mass is 537 g/mol. The van der Waals surface area contributed by atoms with E-state index in [2.05, 4.69) is 25.9 Å². The Morgan fingerprint density at radius 2 is 1.42 bits per heavy atom. The fourth-order valence-corrected chi connectivity index (χ4v) is 3.86. The number of aryl methyl sites for hydroxylation is 1. The summed E-state index contributed by atoms with van der Waals surface area (Å²) in [6.07, 6.45) is 15.2. The summed E-state index contributed by atoms with van der Waals surface area (Å²) in [7, 11) is 0. The minimum absolute atomic E-state index is 0.167. The molecular weight excluding hydrogens is 484 g/mol. The van der Waals surface area contributed by atoms with Gasteiger partial charge in [-0.05, 0) is 45.7 Å². The first-order valence-corrected chi connectivity index (χ1v) is 14.6. The molecule has 1 aromatic carbocycles. The fourth-order valence-electron chi connectivity index (χ4n) is 3.86. The Morgan fingerprint density at radius 3 is 1.95 bits per heavy atom. The Morgan fingerprint density at radius 1 is 0.895 bits per heavy atom. The van der Waals surface area contributed by atoms with Crippen LogP contribution < -0.4 is 16.0 Å². The van der Waals surface area contributed by atoms with Gasteiger partial charge in [-0.3, -0.25) is 0 Å². The second-order valence-electron chi connectivity index (χ2n) is 9.22. The molecule has 0 spiro atoms. The van der Waals surface area contributed by atoms with Gasteiger partial charge in [-0.25, -0.2) is 13.8 Å². The predicted molar refractivity (Wildman–Crippen MR) is 159 cm³/mol. The van der Waals surface area contributed by atoms with Gasteiger partial charge in [-0.15, -0.1) is 0 Å². The van der Waals surface area contributed by atoms with E-state index in [-0.39, 0.29) is 18.5 Å².